The summed E-state index contributed by atoms with van der Waals surface area (Å²) >= 11 is 7.24. The molecule has 2 heterocycles. The van der Waals surface area contributed by atoms with Crippen molar-refractivity contribution in [1.29, 1.82) is 0 Å². The highest BCUT2D eigenvalue weighted by molar-refractivity contribution is 7.11. The Bertz CT molecular complexity index is 843. The molecule has 1 N–H and O–H groups in total. The van der Waals surface area contributed by atoms with E-state index in [1.54, 1.807) is 48.5 Å². The van der Waals surface area contributed by atoms with E-state index in [0.29, 0.717) is 41.6 Å². The summed E-state index contributed by atoms with van der Waals surface area (Å²) in [5.74, 6) is 0.450. The standard InChI is InChI=1S/C20H24ClN3O3S/c1-13-17(28-12-22-13)18(25)23-15-8-10-24(11-9-15)19(26)20(2,3)27-16-6-4-14(21)5-7-16/h4-7,12,15H,8-11H2,1-3H3,(H,23,25). The van der Waals surface area contributed by atoms with Gasteiger partial charge in [0.1, 0.15) is 10.6 Å². The van der Waals surface area contributed by atoms with Gasteiger partial charge in [-0.15, -0.1) is 11.3 Å². The van der Waals surface area contributed by atoms with Gasteiger partial charge in [0.05, 0.1) is 11.2 Å². The van der Waals surface area contributed by atoms with Gasteiger partial charge in [-0.05, 0) is 57.9 Å². The minimum Gasteiger partial charge on any atom is -0.478 e. The van der Waals surface area contributed by atoms with Crippen LogP contribution in [0.25, 0.3) is 0 Å². The van der Waals surface area contributed by atoms with Gasteiger partial charge in [-0.25, -0.2) is 4.98 Å². The predicted octanol–water partition coefficient (Wildman–Crippen LogP) is 3.68. The van der Waals surface area contributed by atoms with Crippen molar-refractivity contribution in [2.75, 3.05) is 13.1 Å². The number of thiazole rings is 1. The summed E-state index contributed by atoms with van der Waals surface area (Å²) in [5.41, 5.74) is 1.44. The maximum absolute atomic E-state index is 12.9. The fourth-order valence-corrected chi connectivity index (χ4v) is 4.05. The number of aryl methyl sites for hydroxylation is 1. The third kappa shape index (κ3) is 4.83. The quantitative estimate of drug-likeness (QED) is 0.799. The largest absolute Gasteiger partial charge is 0.478 e. The number of carbonyl (C=O) groups is 2. The van der Waals surface area contributed by atoms with Crippen LogP contribution in [0.15, 0.2) is 29.8 Å². The minimum absolute atomic E-state index is 0.0540. The third-order valence-corrected chi connectivity index (χ3v) is 5.95. The molecule has 1 aliphatic heterocycles. The van der Waals surface area contributed by atoms with Crippen LogP contribution in [0.3, 0.4) is 0 Å². The van der Waals surface area contributed by atoms with Crippen LogP contribution < -0.4 is 10.1 Å². The van der Waals surface area contributed by atoms with Crippen molar-refractivity contribution in [3.05, 3.63) is 45.4 Å². The first-order chi connectivity index (χ1) is 13.3. The lowest BCUT2D eigenvalue weighted by molar-refractivity contribution is -0.146. The topological polar surface area (TPSA) is 71.5 Å². The number of nitrogens with one attached hydrogen (secondary N) is 1. The van der Waals surface area contributed by atoms with E-state index in [1.807, 2.05) is 6.92 Å². The molecule has 2 aromatic rings. The zero-order chi connectivity index (χ0) is 20.3. The number of halogens is 1. The molecule has 0 aliphatic carbocycles. The van der Waals surface area contributed by atoms with Gasteiger partial charge in [0.2, 0.25) is 0 Å². The number of likely N-dealkylation sites (tertiary alicyclic amines) is 1. The fourth-order valence-electron chi connectivity index (χ4n) is 3.22. The summed E-state index contributed by atoms with van der Waals surface area (Å²) in [6.45, 7) is 6.53. The molecule has 28 heavy (non-hydrogen) atoms. The number of amides is 2. The smallest absolute Gasteiger partial charge is 0.266 e. The summed E-state index contributed by atoms with van der Waals surface area (Å²) in [4.78, 5) is 31.8. The molecule has 1 saturated heterocycles. The van der Waals surface area contributed by atoms with Gasteiger partial charge in [-0.2, -0.15) is 0 Å². The molecule has 150 valence electrons. The van der Waals surface area contributed by atoms with Crippen LogP contribution >= 0.6 is 22.9 Å². The monoisotopic (exact) mass is 421 g/mol. The molecule has 1 fully saturated rings. The van der Waals surface area contributed by atoms with E-state index < -0.39 is 5.60 Å². The molecule has 0 unspecified atom stereocenters. The van der Waals surface area contributed by atoms with Crippen molar-refractivity contribution in [3.8, 4) is 5.75 Å². The number of rotatable bonds is 5. The van der Waals surface area contributed by atoms with Gasteiger partial charge >= 0.3 is 0 Å². The van der Waals surface area contributed by atoms with E-state index in [9.17, 15) is 9.59 Å². The molecule has 0 bridgehead atoms. The number of carbonyl (C=O) groups excluding carboxylic acids is 2. The molecular formula is C20H24ClN3O3S. The van der Waals surface area contributed by atoms with E-state index >= 15 is 0 Å². The van der Waals surface area contributed by atoms with E-state index in [1.165, 1.54) is 11.3 Å². The average molecular weight is 422 g/mol. The molecule has 8 heteroatoms. The predicted molar refractivity (Wildman–Crippen MR) is 110 cm³/mol. The normalized spacial score (nSPS) is 15.4. The molecule has 0 saturated carbocycles. The first-order valence-corrected chi connectivity index (χ1v) is 10.5. The van der Waals surface area contributed by atoms with Gasteiger partial charge < -0.3 is 15.0 Å². The molecule has 6 nitrogen and oxygen atoms in total. The number of hydrogen-bond donors (Lipinski definition) is 1. The van der Waals surface area contributed by atoms with E-state index in [4.69, 9.17) is 16.3 Å². The number of nitrogens with zero attached hydrogens (tertiary/aromatic N) is 2. The van der Waals surface area contributed by atoms with E-state index in [-0.39, 0.29) is 17.9 Å². The molecule has 0 radical (unpaired) electrons. The highest BCUT2D eigenvalue weighted by Crippen LogP contribution is 2.24. The molecule has 0 spiro atoms. The Balaban J connectivity index is 1.53. The Hall–Kier alpha value is -2.12. The summed E-state index contributed by atoms with van der Waals surface area (Å²) in [5, 5.41) is 3.67. The third-order valence-electron chi connectivity index (χ3n) is 4.77. The number of ether oxygens (including phenoxy) is 1. The summed E-state index contributed by atoms with van der Waals surface area (Å²) in [7, 11) is 0. The molecule has 1 aromatic carbocycles. The highest BCUT2D eigenvalue weighted by Gasteiger charge is 2.36. The van der Waals surface area contributed by atoms with Crippen LogP contribution in [0.2, 0.25) is 5.02 Å². The lowest BCUT2D eigenvalue weighted by Gasteiger charge is -2.37. The van der Waals surface area contributed by atoms with Crippen LogP contribution in [-0.4, -0.2) is 46.4 Å². The molecule has 2 amide bonds. The van der Waals surface area contributed by atoms with Crippen molar-refractivity contribution >= 4 is 34.8 Å². The first-order valence-electron chi connectivity index (χ1n) is 9.21. The second-order valence-corrected chi connectivity index (χ2v) is 8.66. The van der Waals surface area contributed by atoms with E-state index in [0.717, 1.165) is 5.69 Å². The molecular weight excluding hydrogens is 398 g/mol. The van der Waals surface area contributed by atoms with Crippen LogP contribution in [0.4, 0.5) is 0 Å². The highest BCUT2D eigenvalue weighted by atomic mass is 35.5. The average Bonchev–Trinajstić information content (AvgIpc) is 3.09. The second kappa shape index (κ2) is 8.49. The van der Waals surface area contributed by atoms with Crippen molar-refractivity contribution in [2.24, 2.45) is 0 Å². The lowest BCUT2D eigenvalue weighted by atomic mass is 10.0. The number of aromatic nitrogens is 1. The van der Waals surface area contributed by atoms with Gasteiger partial charge in [0.25, 0.3) is 11.8 Å². The van der Waals surface area contributed by atoms with Crippen LogP contribution in [0.1, 0.15) is 42.1 Å². The number of benzene rings is 1. The van der Waals surface area contributed by atoms with Gasteiger partial charge in [0.15, 0.2) is 5.60 Å². The maximum Gasteiger partial charge on any atom is 0.266 e. The molecule has 3 rings (SSSR count). The summed E-state index contributed by atoms with van der Waals surface area (Å²) in [6.07, 6.45) is 1.43. The fraction of sp³-hybridized carbons (Fsp3) is 0.450. The van der Waals surface area contributed by atoms with Crippen molar-refractivity contribution in [1.82, 2.24) is 15.2 Å². The van der Waals surface area contributed by atoms with Crippen LogP contribution in [-0.2, 0) is 4.79 Å². The Morgan fingerprint density at radius 3 is 2.46 bits per heavy atom. The second-order valence-electron chi connectivity index (χ2n) is 7.37. The summed E-state index contributed by atoms with van der Waals surface area (Å²) in [6, 6.07) is 7.02. The Labute approximate surface area is 173 Å². The van der Waals surface area contributed by atoms with Gasteiger partial charge in [0, 0.05) is 24.2 Å². The van der Waals surface area contributed by atoms with Crippen molar-refractivity contribution in [2.45, 2.75) is 45.3 Å². The number of hydrogen-bond acceptors (Lipinski definition) is 5. The minimum atomic E-state index is -0.982. The molecule has 0 atom stereocenters. The SMILES string of the molecule is Cc1ncsc1C(=O)NC1CCN(C(=O)C(C)(C)Oc2ccc(Cl)cc2)CC1. The van der Waals surface area contributed by atoms with Gasteiger partial charge in [-0.3, -0.25) is 9.59 Å². The van der Waals surface area contributed by atoms with Crippen LogP contribution in [0.5, 0.6) is 5.75 Å². The summed E-state index contributed by atoms with van der Waals surface area (Å²) < 4.78 is 5.90. The lowest BCUT2D eigenvalue weighted by Crippen LogP contribution is -2.53. The maximum atomic E-state index is 12.9. The van der Waals surface area contributed by atoms with Crippen LogP contribution in [0, 0.1) is 6.92 Å². The Kier molecular flexibility index (Phi) is 6.25. The molecule has 1 aromatic heterocycles. The van der Waals surface area contributed by atoms with Crippen molar-refractivity contribution in [3.63, 3.8) is 0 Å². The number of piperidine rings is 1. The van der Waals surface area contributed by atoms with Crippen molar-refractivity contribution < 1.29 is 14.3 Å². The Morgan fingerprint density at radius 1 is 1.25 bits per heavy atom. The molecule has 1 aliphatic rings. The Morgan fingerprint density at radius 2 is 1.89 bits per heavy atom. The van der Waals surface area contributed by atoms with Gasteiger partial charge in [-0.1, -0.05) is 11.6 Å². The zero-order valence-electron chi connectivity index (χ0n) is 16.2. The zero-order valence-corrected chi connectivity index (χ0v) is 17.8. The first kappa shape index (κ1) is 20.6. The van der Waals surface area contributed by atoms with E-state index in [2.05, 4.69) is 10.3 Å².